The number of rotatable bonds is 1. The van der Waals surface area contributed by atoms with Crippen molar-refractivity contribution in [2.75, 3.05) is 6.61 Å². The van der Waals surface area contributed by atoms with E-state index in [1.54, 1.807) is 31.2 Å². The predicted octanol–water partition coefficient (Wildman–Crippen LogP) is 2.18. The van der Waals surface area contributed by atoms with Gasteiger partial charge >= 0.3 is 6.09 Å². The molecule has 0 amide bonds. The molecule has 0 saturated carbocycles. The van der Waals surface area contributed by atoms with Crippen LogP contribution in [0.25, 0.3) is 10.9 Å². The number of carbonyl (C=O) groups excluding carboxylic acids is 1. The minimum absolute atomic E-state index is 0.251. The summed E-state index contributed by atoms with van der Waals surface area (Å²) in [7, 11) is 0. The monoisotopic (exact) mass is 205 g/mol. The lowest BCUT2D eigenvalue weighted by Crippen LogP contribution is -2.14. The van der Waals surface area contributed by atoms with Crippen LogP contribution in [0.1, 0.15) is 6.92 Å². The Bertz CT molecular complexity index is 504. The lowest BCUT2D eigenvalue weighted by molar-refractivity contribution is 0.150. The number of nitrogens with zero attached hydrogens (tertiary/aromatic N) is 2. The fourth-order valence-electron chi connectivity index (χ4n) is 1.36. The summed E-state index contributed by atoms with van der Waals surface area (Å²) in [5, 5.41) is 15.4. The molecule has 0 fully saturated rings. The molecule has 0 atom stereocenters. The zero-order chi connectivity index (χ0) is 10.8. The highest BCUT2D eigenvalue weighted by atomic mass is 16.6. The SMILES string of the molecule is CCOC(=O)n1nc([O])c2ccccc21. The van der Waals surface area contributed by atoms with E-state index in [-0.39, 0.29) is 6.61 Å². The summed E-state index contributed by atoms with van der Waals surface area (Å²) in [6.07, 6.45) is -0.629. The first-order chi connectivity index (χ1) is 7.24. The molecule has 5 nitrogen and oxygen atoms in total. The van der Waals surface area contributed by atoms with E-state index in [9.17, 15) is 9.90 Å². The standard InChI is InChI=1S/C10H9N2O3/c1-2-15-10(14)12-8-6-4-3-5-7(8)9(13)11-12/h3-6H,2H2,1H3. The summed E-state index contributed by atoms with van der Waals surface area (Å²) in [5.41, 5.74) is 0.473. The van der Waals surface area contributed by atoms with E-state index in [0.29, 0.717) is 10.9 Å². The van der Waals surface area contributed by atoms with Gasteiger partial charge in [0, 0.05) is 0 Å². The van der Waals surface area contributed by atoms with E-state index in [0.717, 1.165) is 4.68 Å². The molecule has 0 aliphatic rings. The number of hydrogen-bond acceptors (Lipinski definition) is 3. The average Bonchev–Trinajstić information content (AvgIpc) is 2.58. The molecule has 1 aromatic heterocycles. The number of benzene rings is 1. The highest BCUT2D eigenvalue weighted by Gasteiger charge is 2.15. The van der Waals surface area contributed by atoms with E-state index in [1.807, 2.05) is 0 Å². The van der Waals surface area contributed by atoms with Crippen LogP contribution >= 0.6 is 0 Å². The van der Waals surface area contributed by atoms with Crippen LogP contribution in [-0.4, -0.2) is 22.5 Å². The third-order valence-corrected chi connectivity index (χ3v) is 1.99. The maximum absolute atomic E-state index is 11.4. The Balaban J connectivity index is 2.57. The molecular formula is C10H9N2O3. The van der Waals surface area contributed by atoms with Crippen molar-refractivity contribution in [3.8, 4) is 5.88 Å². The lowest BCUT2D eigenvalue weighted by atomic mass is 10.2. The average molecular weight is 205 g/mol. The zero-order valence-electron chi connectivity index (χ0n) is 8.14. The summed E-state index contributed by atoms with van der Waals surface area (Å²) < 4.78 is 5.76. The van der Waals surface area contributed by atoms with Crippen LogP contribution in [0.4, 0.5) is 4.79 Å². The maximum Gasteiger partial charge on any atom is 0.435 e. The van der Waals surface area contributed by atoms with Crippen LogP contribution in [0.2, 0.25) is 0 Å². The van der Waals surface area contributed by atoms with E-state index < -0.39 is 12.0 Å². The summed E-state index contributed by atoms with van der Waals surface area (Å²) in [6.45, 7) is 1.95. The van der Waals surface area contributed by atoms with Crippen molar-refractivity contribution >= 4 is 17.0 Å². The van der Waals surface area contributed by atoms with Crippen LogP contribution in [0.5, 0.6) is 5.88 Å². The first-order valence-electron chi connectivity index (χ1n) is 4.56. The van der Waals surface area contributed by atoms with Gasteiger partial charge in [0.1, 0.15) is 0 Å². The van der Waals surface area contributed by atoms with Crippen LogP contribution in [-0.2, 0) is 9.84 Å². The number of carbonyl (C=O) groups is 1. The molecule has 1 aromatic carbocycles. The largest absolute Gasteiger partial charge is 0.448 e. The van der Waals surface area contributed by atoms with Gasteiger partial charge in [-0.2, -0.15) is 4.68 Å². The molecule has 15 heavy (non-hydrogen) atoms. The van der Waals surface area contributed by atoms with Gasteiger partial charge in [0.25, 0.3) is 5.88 Å². The fourth-order valence-corrected chi connectivity index (χ4v) is 1.36. The van der Waals surface area contributed by atoms with E-state index in [1.165, 1.54) is 0 Å². The van der Waals surface area contributed by atoms with Crippen LogP contribution < -0.4 is 0 Å². The molecule has 0 spiro atoms. The van der Waals surface area contributed by atoms with Gasteiger partial charge in [-0.3, -0.25) is 5.11 Å². The van der Waals surface area contributed by atoms with Gasteiger partial charge in [-0.1, -0.05) is 12.1 Å². The fraction of sp³-hybridized carbons (Fsp3) is 0.200. The first kappa shape index (κ1) is 9.51. The number of ether oxygens (including phenoxy) is 1. The van der Waals surface area contributed by atoms with Crippen molar-refractivity contribution in [1.82, 2.24) is 9.78 Å². The molecule has 5 heteroatoms. The van der Waals surface area contributed by atoms with E-state index >= 15 is 0 Å². The second-order valence-electron chi connectivity index (χ2n) is 2.93. The Kier molecular flexibility index (Phi) is 2.29. The number of para-hydroxylation sites is 1. The molecule has 0 saturated heterocycles. The van der Waals surface area contributed by atoms with Crippen molar-refractivity contribution in [2.24, 2.45) is 0 Å². The minimum atomic E-state index is -0.629. The lowest BCUT2D eigenvalue weighted by Gasteiger charge is -2.00. The van der Waals surface area contributed by atoms with Crippen molar-refractivity contribution in [3.63, 3.8) is 0 Å². The molecule has 0 N–H and O–H groups in total. The van der Waals surface area contributed by atoms with Gasteiger partial charge in [-0.05, 0) is 19.1 Å². The predicted molar refractivity (Wildman–Crippen MR) is 52.3 cm³/mol. The Morgan fingerprint density at radius 3 is 2.93 bits per heavy atom. The Morgan fingerprint density at radius 1 is 1.47 bits per heavy atom. The second kappa shape index (κ2) is 3.61. The molecule has 0 aliphatic carbocycles. The molecular weight excluding hydrogens is 196 g/mol. The maximum atomic E-state index is 11.4. The smallest absolute Gasteiger partial charge is 0.435 e. The first-order valence-corrected chi connectivity index (χ1v) is 4.56. The highest BCUT2D eigenvalue weighted by molar-refractivity contribution is 5.91. The Labute approximate surface area is 85.9 Å². The highest BCUT2D eigenvalue weighted by Crippen LogP contribution is 2.23. The molecule has 2 rings (SSSR count). The van der Waals surface area contributed by atoms with Gasteiger partial charge in [-0.25, -0.2) is 4.79 Å². The van der Waals surface area contributed by atoms with E-state index in [2.05, 4.69) is 5.10 Å². The van der Waals surface area contributed by atoms with Crippen molar-refractivity contribution in [3.05, 3.63) is 24.3 Å². The zero-order valence-corrected chi connectivity index (χ0v) is 8.14. The Hall–Kier alpha value is -2.04. The van der Waals surface area contributed by atoms with Gasteiger partial charge < -0.3 is 4.74 Å². The third-order valence-electron chi connectivity index (χ3n) is 1.99. The van der Waals surface area contributed by atoms with Gasteiger partial charge in [0.2, 0.25) is 0 Å². The summed E-state index contributed by atoms with van der Waals surface area (Å²) in [5.74, 6) is -0.418. The summed E-state index contributed by atoms with van der Waals surface area (Å²) >= 11 is 0. The van der Waals surface area contributed by atoms with Crippen LogP contribution in [0, 0.1) is 0 Å². The van der Waals surface area contributed by atoms with Crippen molar-refractivity contribution in [1.29, 1.82) is 0 Å². The molecule has 0 bridgehead atoms. The molecule has 77 valence electrons. The van der Waals surface area contributed by atoms with Crippen molar-refractivity contribution in [2.45, 2.75) is 6.92 Å². The van der Waals surface area contributed by atoms with Crippen molar-refractivity contribution < 1.29 is 14.6 Å². The molecule has 1 radical (unpaired) electrons. The van der Waals surface area contributed by atoms with Gasteiger partial charge in [-0.15, -0.1) is 5.10 Å². The van der Waals surface area contributed by atoms with E-state index in [4.69, 9.17) is 4.74 Å². The number of aromatic nitrogens is 2. The van der Waals surface area contributed by atoms with Gasteiger partial charge in [0.05, 0.1) is 17.5 Å². The van der Waals surface area contributed by atoms with Gasteiger partial charge in [0.15, 0.2) is 0 Å². The quantitative estimate of drug-likeness (QED) is 0.716. The van der Waals surface area contributed by atoms with Crippen LogP contribution in [0.3, 0.4) is 0 Å². The molecule has 2 aromatic rings. The minimum Gasteiger partial charge on any atom is -0.448 e. The summed E-state index contributed by atoms with van der Waals surface area (Å²) in [4.78, 5) is 11.4. The number of hydrogen-bond donors (Lipinski definition) is 0. The number of fused-ring (bicyclic) bond motifs is 1. The normalized spacial score (nSPS) is 10.5. The molecule has 1 heterocycles. The molecule has 0 aliphatic heterocycles. The summed E-state index contributed by atoms with van der Waals surface area (Å²) in [6, 6.07) is 6.74. The Morgan fingerprint density at radius 2 is 2.20 bits per heavy atom. The topological polar surface area (TPSA) is 64.0 Å². The van der Waals surface area contributed by atoms with Crippen LogP contribution in [0.15, 0.2) is 24.3 Å². The molecule has 0 unspecified atom stereocenters. The second-order valence-corrected chi connectivity index (χ2v) is 2.93. The third kappa shape index (κ3) is 1.52.